The zero-order valence-corrected chi connectivity index (χ0v) is 14.7. The molecule has 0 saturated carbocycles. The van der Waals surface area contributed by atoms with Gasteiger partial charge in [-0.1, -0.05) is 48.5 Å². The van der Waals surface area contributed by atoms with Crippen LogP contribution in [0.3, 0.4) is 0 Å². The van der Waals surface area contributed by atoms with Crippen LogP contribution in [0.2, 0.25) is 0 Å². The average molecular weight is 346 g/mol. The lowest BCUT2D eigenvalue weighted by Crippen LogP contribution is -2.33. The van der Waals surface area contributed by atoms with Gasteiger partial charge in [0.25, 0.3) is 0 Å². The lowest BCUT2D eigenvalue weighted by molar-refractivity contribution is -0.0169. The molecule has 4 heteroatoms. The van der Waals surface area contributed by atoms with Crippen LogP contribution < -0.4 is 4.74 Å². The van der Waals surface area contributed by atoms with Crippen LogP contribution in [0.25, 0.3) is 0 Å². The lowest BCUT2D eigenvalue weighted by Gasteiger charge is -2.37. The van der Waals surface area contributed by atoms with Gasteiger partial charge in [-0.15, -0.1) is 11.3 Å². The fourth-order valence-corrected chi connectivity index (χ4v) is 4.59. The van der Waals surface area contributed by atoms with Crippen molar-refractivity contribution in [3.63, 3.8) is 0 Å². The van der Waals surface area contributed by atoms with E-state index in [0.717, 1.165) is 17.9 Å². The summed E-state index contributed by atoms with van der Waals surface area (Å²) in [5.41, 5.74) is 4.81. The molecular weight excluding hydrogens is 328 g/mol. The summed E-state index contributed by atoms with van der Waals surface area (Å²) in [6, 6.07) is 21.2. The third kappa shape index (κ3) is 2.36. The number of para-hydroxylation sites is 1. The van der Waals surface area contributed by atoms with Gasteiger partial charge in [-0.2, -0.15) is 5.10 Å². The topological polar surface area (TPSA) is 24.8 Å². The van der Waals surface area contributed by atoms with E-state index in [9.17, 15) is 0 Å². The third-order valence-corrected chi connectivity index (χ3v) is 5.98. The van der Waals surface area contributed by atoms with Gasteiger partial charge in [0.15, 0.2) is 0 Å². The Morgan fingerprint density at radius 2 is 1.84 bits per heavy atom. The normalized spacial score (nSPS) is 21.3. The highest BCUT2D eigenvalue weighted by atomic mass is 32.1. The minimum absolute atomic E-state index is 0.152. The molecule has 2 aliphatic rings. The minimum atomic E-state index is -0.152. The van der Waals surface area contributed by atoms with Gasteiger partial charge in [0.1, 0.15) is 5.75 Å². The van der Waals surface area contributed by atoms with Crippen molar-refractivity contribution < 1.29 is 4.74 Å². The van der Waals surface area contributed by atoms with Crippen molar-refractivity contribution in [3.05, 3.63) is 87.6 Å². The SMILES string of the molecule is Cc1ccsc1[C@@H]1Oc2ccccc2[C@H]2CC(c3ccccc3)=NN21. The maximum absolute atomic E-state index is 6.38. The lowest BCUT2D eigenvalue weighted by atomic mass is 9.96. The van der Waals surface area contributed by atoms with E-state index in [1.165, 1.54) is 21.6 Å². The molecule has 0 saturated heterocycles. The standard InChI is InChI=1S/C21H18N2OS/c1-14-11-12-25-20(14)21-23-18(16-9-5-6-10-19(16)24-21)13-17(22-23)15-7-3-2-4-8-15/h2-12,18,21H,13H2,1H3/t18-,21+/m1/s1. The number of fused-ring (bicyclic) bond motifs is 3. The Labute approximate surface area is 151 Å². The molecular formula is C21H18N2OS. The highest BCUT2D eigenvalue weighted by molar-refractivity contribution is 7.10. The molecule has 0 radical (unpaired) electrons. The van der Waals surface area contributed by atoms with Crippen LogP contribution in [0, 0.1) is 6.92 Å². The van der Waals surface area contributed by atoms with Gasteiger partial charge in [-0.25, -0.2) is 5.01 Å². The highest BCUT2D eigenvalue weighted by Gasteiger charge is 2.41. The Bertz CT molecular complexity index is 947. The molecule has 2 aliphatic heterocycles. The van der Waals surface area contributed by atoms with E-state index < -0.39 is 0 Å². The number of benzene rings is 2. The van der Waals surface area contributed by atoms with E-state index >= 15 is 0 Å². The minimum Gasteiger partial charge on any atom is -0.464 e. The smallest absolute Gasteiger partial charge is 0.223 e. The first-order valence-electron chi connectivity index (χ1n) is 8.52. The fraction of sp³-hybridized carbons (Fsp3) is 0.190. The Morgan fingerprint density at radius 3 is 2.64 bits per heavy atom. The molecule has 0 spiro atoms. The van der Waals surface area contributed by atoms with Crippen LogP contribution >= 0.6 is 11.3 Å². The van der Waals surface area contributed by atoms with E-state index in [1.807, 2.05) is 12.1 Å². The van der Waals surface area contributed by atoms with Gasteiger partial charge in [-0.05, 0) is 35.6 Å². The number of hydrazone groups is 1. The monoisotopic (exact) mass is 346 g/mol. The van der Waals surface area contributed by atoms with Crippen LogP contribution in [-0.2, 0) is 0 Å². The summed E-state index contributed by atoms with van der Waals surface area (Å²) in [5, 5.41) is 9.27. The molecule has 25 heavy (non-hydrogen) atoms. The summed E-state index contributed by atoms with van der Waals surface area (Å²) in [6.45, 7) is 2.14. The second-order valence-corrected chi connectivity index (χ2v) is 7.44. The van der Waals surface area contributed by atoms with Crippen LogP contribution in [0.5, 0.6) is 5.75 Å². The first-order chi connectivity index (χ1) is 12.3. The largest absolute Gasteiger partial charge is 0.464 e. The number of nitrogens with zero attached hydrogens (tertiary/aromatic N) is 2. The second-order valence-electron chi connectivity index (χ2n) is 6.49. The summed E-state index contributed by atoms with van der Waals surface area (Å²) in [7, 11) is 0. The summed E-state index contributed by atoms with van der Waals surface area (Å²) >= 11 is 1.74. The molecule has 2 aromatic carbocycles. The number of aryl methyl sites for hydroxylation is 1. The number of hydrogen-bond donors (Lipinski definition) is 0. The fourth-order valence-electron chi connectivity index (χ4n) is 3.65. The summed E-state index contributed by atoms with van der Waals surface area (Å²) in [6.07, 6.45) is 0.756. The van der Waals surface area contributed by atoms with Crippen molar-refractivity contribution >= 4 is 17.0 Å². The highest BCUT2D eigenvalue weighted by Crippen LogP contribution is 2.48. The molecule has 0 unspecified atom stereocenters. The molecule has 5 rings (SSSR count). The molecule has 0 aliphatic carbocycles. The number of thiophene rings is 1. The average Bonchev–Trinajstić information content (AvgIpc) is 3.28. The van der Waals surface area contributed by atoms with Crippen LogP contribution in [0.15, 0.2) is 71.1 Å². The molecule has 0 fully saturated rings. The molecule has 0 amide bonds. The molecule has 124 valence electrons. The molecule has 2 atom stereocenters. The van der Waals surface area contributed by atoms with Crippen LogP contribution in [0.1, 0.15) is 40.3 Å². The number of ether oxygens (including phenoxy) is 1. The maximum atomic E-state index is 6.38. The van der Waals surface area contributed by atoms with E-state index in [4.69, 9.17) is 9.84 Å². The summed E-state index contributed by atoms with van der Waals surface area (Å²) < 4.78 is 6.38. The maximum Gasteiger partial charge on any atom is 0.223 e. The zero-order chi connectivity index (χ0) is 16.8. The van der Waals surface area contributed by atoms with Crippen molar-refractivity contribution in [2.45, 2.75) is 25.6 Å². The van der Waals surface area contributed by atoms with E-state index in [1.54, 1.807) is 11.3 Å². The Balaban J connectivity index is 1.62. The summed E-state index contributed by atoms with van der Waals surface area (Å²) in [5.74, 6) is 0.978. The predicted octanol–water partition coefficient (Wildman–Crippen LogP) is 5.30. The Hall–Kier alpha value is -2.59. The van der Waals surface area contributed by atoms with Gasteiger partial charge in [-0.3, -0.25) is 0 Å². The molecule has 0 N–H and O–H groups in total. The van der Waals surface area contributed by atoms with Crippen molar-refractivity contribution in [1.82, 2.24) is 5.01 Å². The van der Waals surface area contributed by atoms with Crippen molar-refractivity contribution in [3.8, 4) is 5.75 Å². The Kier molecular flexibility index (Phi) is 3.38. The van der Waals surface area contributed by atoms with Gasteiger partial charge < -0.3 is 4.74 Å². The van der Waals surface area contributed by atoms with Gasteiger partial charge in [0.05, 0.1) is 16.6 Å². The number of hydrogen-bond acceptors (Lipinski definition) is 4. The third-order valence-electron chi connectivity index (χ3n) is 4.93. The molecule has 3 heterocycles. The van der Waals surface area contributed by atoms with Gasteiger partial charge >= 0.3 is 0 Å². The molecule has 3 aromatic rings. The van der Waals surface area contributed by atoms with Crippen molar-refractivity contribution in [1.29, 1.82) is 0 Å². The first-order valence-corrected chi connectivity index (χ1v) is 9.40. The second kappa shape index (κ2) is 5.74. The number of rotatable bonds is 2. The van der Waals surface area contributed by atoms with E-state index in [-0.39, 0.29) is 12.3 Å². The molecule has 0 bridgehead atoms. The summed E-state index contributed by atoms with van der Waals surface area (Å²) in [4.78, 5) is 1.23. The van der Waals surface area contributed by atoms with Crippen LogP contribution in [0.4, 0.5) is 0 Å². The van der Waals surface area contributed by atoms with Crippen LogP contribution in [-0.4, -0.2) is 10.7 Å². The zero-order valence-electron chi connectivity index (χ0n) is 13.9. The predicted molar refractivity (Wildman–Crippen MR) is 101 cm³/mol. The quantitative estimate of drug-likeness (QED) is 0.629. The molecule has 3 nitrogen and oxygen atoms in total. The van der Waals surface area contributed by atoms with E-state index in [0.29, 0.717) is 0 Å². The Morgan fingerprint density at radius 1 is 1.04 bits per heavy atom. The van der Waals surface area contributed by atoms with Crippen molar-refractivity contribution in [2.24, 2.45) is 5.10 Å². The van der Waals surface area contributed by atoms with Gasteiger partial charge in [0.2, 0.25) is 6.23 Å². The van der Waals surface area contributed by atoms with E-state index in [2.05, 4.69) is 65.8 Å². The van der Waals surface area contributed by atoms with Gasteiger partial charge in [0, 0.05) is 12.0 Å². The van der Waals surface area contributed by atoms with Crippen molar-refractivity contribution in [2.75, 3.05) is 0 Å². The molecule has 1 aromatic heterocycles. The first kappa shape index (κ1) is 14.7.